The standard InChI is InChI=1S/C24H35N5/c1-20-18-23(14-17-29(20)19-21-10-5-3-6-11-21)28-24(25-2)27-16-9-15-26-22-12-7-4-8-13-22/h3-8,10-13,20,23,26H,9,14-19H2,1-2H3,(H2,25,27,28). The molecule has 2 aromatic rings. The number of hydrogen-bond acceptors (Lipinski definition) is 3. The summed E-state index contributed by atoms with van der Waals surface area (Å²) in [6.07, 6.45) is 3.33. The number of piperidine rings is 1. The third-order valence-electron chi connectivity index (χ3n) is 5.56. The Labute approximate surface area is 175 Å². The van der Waals surface area contributed by atoms with Gasteiger partial charge in [0.2, 0.25) is 0 Å². The zero-order valence-corrected chi connectivity index (χ0v) is 17.8. The van der Waals surface area contributed by atoms with Crippen molar-refractivity contribution in [2.24, 2.45) is 4.99 Å². The Balaban J connectivity index is 1.34. The van der Waals surface area contributed by atoms with Crippen LogP contribution in [0.25, 0.3) is 0 Å². The fraction of sp³-hybridized carbons (Fsp3) is 0.458. The van der Waals surface area contributed by atoms with Crippen molar-refractivity contribution in [2.45, 2.75) is 44.8 Å². The number of guanidine groups is 1. The Morgan fingerprint density at radius 2 is 1.76 bits per heavy atom. The summed E-state index contributed by atoms with van der Waals surface area (Å²) >= 11 is 0. The zero-order valence-electron chi connectivity index (χ0n) is 17.8. The molecule has 0 amide bonds. The highest BCUT2D eigenvalue weighted by Gasteiger charge is 2.25. The van der Waals surface area contributed by atoms with E-state index in [0.29, 0.717) is 12.1 Å². The zero-order chi connectivity index (χ0) is 20.3. The number of benzene rings is 2. The second-order valence-corrected chi connectivity index (χ2v) is 7.82. The number of para-hydroxylation sites is 1. The third-order valence-corrected chi connectivity index (χ3v) is 5.56. The lowest BCUT2D eigenvalue weighted by molar-refractivity contribution is 0.134. The molecule has 0 saturated carbocycles. The number of anilines is 1. The topological polar surface area (TPSA) is 51.7 Å². The van der Waals surface area contributed by atoms with E-state index in [4.69, 9.17) is 0 Å². The molecular weight excluding hydrogens is 358 g/mol. The summed E-state index contributed by atoms with van der Waals surface area (Å²) in [5.74, 6) is 0.915. The van der Waals surface area contributed by atoms with Crippen LogP contribution < -0.4 is 16.0 Å². The first-order chi connectivity index (χ1) is 14.2. The lowest BCUT2D eigenvalue weighted by atomic mass is 9.97. The third kappa shape index (κ3) is 7.09. The van der Waals surface area contributed by atoms with Crippen LogP contribution in [0, 0.1) is 0 Å². The first-order valence-corrected chi connectivity index (χ1v) is 10.8. The summed E-state index contributed by atoms with van der Waals surface area (Å²) in [5, 5.41) is 10.5. The molecule has 1 fully saturated rings. The van der Waals surface area contributed by atoms with E-state index >= 15 is 0 Å². The molecule has 29 heavy (non-hydrogen) atoms. The SMILES string of the molecule is CN=C(NCCCNc1ccccc1)NC1CCN(Cc2ccccc2)C(C)C1. The summed E-state index contributed by atoms with van der Waals surface area (Å²) in [7, 11) is 1.85. The van der Waals surface area contributed by atoms with Crippen molar-refractivity contribution in [1.29, 1.82) is 0 Å². The fourth-order valence-corrected chi connectivity index (χ4v) is 3.88. The van der Waals surface area contributed by atoms with Gasteiger partial charge in [0, 0.05) is 51.0 Å². The van der Waals surface area contributed by atoms with Crippen LogP contribution in [0.4, 0.5) is 5.69 Å². The predicted octanol–water partition coefficient (Wildman–Crippen LogP) is 3.71. The monoisotopic (exact) mass is 393 g/mol. The van der Waals surface area contributed by atoms with Gasteiger partial charge in [-0.1, -0.05) is 48.5 Å². The molecule has 0 spiro atoms. The first-order valence-electron chi connectivity index (χ1n) is 10.8. The van der Waals surface area contributed by atoms with Crippen molar-refractivity contribution in [1.82, 2.24) is 15.5 Å². The molecule has 2 unspecified atom stereocenters. The van der Waals surface area contributed by atoms with Crippen molar-refractivity contribution >= 4 is 11.6 Å². The van der Waals surface area contributed by atoms with Crippen LogP contribution >= 0.6 is 0 Å². The van der Waals surface area contributed by atoms with Crippen LogP contribution in [0.3, 0.4) is 0 Å². The first kappa shape index (κ1) is 21.2. The van der Waals surface area contributed by atoms with Gasteiger partial charge in [-0.15, -0.1) is 0 Å². The Hall–Kier alpha value is -2.53. The van der Waals surface area contributed by atoms with Gasteiger partial charge in [0.25, 0.3) is 0 Å². The minimum absolute atomic E-state index is 0.477. The second-order valence-electron chi connectivity index (χ2n) is 7.82. The van der Waals surface area contributed by atoms with E-state index in [1.807, 2.05) is 13.1 Å². The average molecular weight is 394 g/mol. The van der Waals surface area contributed by atoms with Crippen molar-refractivity contribution in [3.8, 4) is 0 Å². The minimum atomic E-state index is 0.477. The van der Waals surface area contributed by atoms with Crippen molar-refractivity contribution in [2.75, 3.05) is 32.0 Å². The molecule has 1 aliphatic heterocycles. The molecule has 3 N–H and O–H groups in total. The summed E-state index contributed by atoms with van der Waals surface area (Å²) in [6, 6.07) is 22.1. The Morgan fingerprint density at radius 1 is 1.03 bits per heavy atom. The highest BCUT2D eigenvalue weighted by Crippen LogP contribution is 2.19. The maximum Gasteiger partial charge on any atom is 0.191 e. The van der Waals surface area contributed by atoms with Crippen molar-refractivity contribution < 1.29 is 0 Å². The van der Waals surface area contributed by atoms with Gasteiger partial charge in [0.1, 0.15) is 0 Å². The van der Waals surface area contributed by atoms with E-state index in [-0.39, 0.29) is 0 Å². The molecular formula is C24H35N5. The van der Waals surface area contributed by atoms with Gasteiger partial charge in [-0.3, -0.25) is 9.89 Å². The van der Waals surface area contributed by atoms with Gasteiger partial charge in [-0.2, -0.15) is 0 Å². The van der Waals surface area contributed by atoms with Gasteiger partial charge in [-0.25, -0.2) is 0 Å². The molecule has 3 rings (SSSR count). The Kier molecular flexibility index (Phi) is 8.38. The Morgan fingerprint density at radius 3 is 2.45 bits per heavy atom. The maximum atomic E-state index is 4.41. The van der Waals surface area contributed by atoms with E-state index in [0.717, 1.165) is 51.4 Å². The van der Waals surface area contributed by atoms with Crippen molar-refractivity contribution in [3.63, 3.8) is 0 Å². The molecule has 1 heterocycles. The van der Waals surface area contributed by atoms with Gasteiger partial charge in [0.15, 0.2) is 5.96 Å². The van der Waals surface area contributed by atoms with E-state index in [1.54, 1.807) is 0 Å². The number of nitrogens with one attached hydrogen (secondary N) is 3. The van der Waals surface area contributed by atoms with E-state index in [1.165, 1.54) is 11.3 Å². The molecule has 2 atom stereocenters. The van der Waals surface area contributed by atoms with Crippen LogP contribution in [-0.4, -0.2) is 49.6 Å². The second kappa shape index (κ2) is 11.5. The highest BCUT2D eigenvalue weighted by atomic mass is 15.2. The summed E-state index contributed by atoms with van der Waals surface area (Å²) in [4.78, 5) is 6.99. The average Bonchev–Trinajstić information content (AvgIpc) is 2.76. The van der Waals surface area contributed by atoms with Gasteiger partial charge < -0.3 is 16.0 Å². The minimum Gasteiger partial charge on any atom is -0.385 e. The molecule has 1 saturated heterocycles. The van der Waals surface area contributed by atoms with Crippen LogP contribution in [0.5, 0.6) is 0 Å². The molecule has 5 heteroatoms. The molecule has 5 nitrogen and oxygen atoms in total. The van der Waals surface area contributed by atoms with Crippen LogP contribution in [0.15, 0.2) is 65.7 Å². The van der Waals surface area contributed by atoms with Gasteiger partial charge in [0.05, 0.1) is 0 Å². The van der Waals surface area contributed by atoms with Gasteiger partial charge in [-0.05, 0) is 43.9 Å². The molecule has 0 aliphatic carbocycles. The normalized spacial score (nSPS) is 20.3. The molecule has 0 radical (unpaired) electrons. The summed E-state index contributed by atoms with van der Waals surface area (Å²) in [5.41, 5.74) is 2.57. The Bertz CT molecular complexity index is 731. The lowest BCUT2D eigenvalue weighted by Crippen LogP contribution is -2.51. The quantitative estimate of drug-likeness (QED) is 0.364. The molecule has 2 aromatic carbocycles. The van der Waals surface area contributed by atoms with Crippen LogP contribution in [-0.2, 0) is 6.54 Å². The number of aliphatic imine (C=N–C) groups is 1. The number of rotatable bonds is 8. The predicted molar refractivity (Wildman–Crippen MR) is 123 cm³/mol. The molecule has 0 bridgehead atoms. The van der Waals surface area contributed by atoms with E-state index in [9.17, 15) is 0 Å². The smallest absolute Gasteiger partial charge is 0.191 e. The number of likely N-dealkylation sites (tertiary alicyclic amines) is 1. The molecule has 1 aliphatic rings. The number of nitrogens with zero attached hydrogens (tertiary/aromatic N) is 2. The van der Waals surface area contributed by atoms with E-state index in [2.05, 4.69) is 87.4 Å². The summed E-state index contributed by atoms with van der Waals surface area (Å²) in [6.45, 7) is 6.34. The van der Waals surface area contributed by atoms with Crippen LogP contribution in [0.2, 0.25) is 0 Å². The van der Waals surface area contributed by atoms with Crippen molar-refractivity contribution in [3.05, 3.63) is 66.2 Å². The highest BCUT2D eigenvalue weighted by molar-refractivity contribution is 5.79. The molecule has 156 valence electrons. The maximum absolute atomic E-state index is 4.41. The fourth-order valence-electron chi connectivity index (χ4n) is 3.88. The molecule has 0 aromatic heterocycles. The van der Waals surface area contributed by atoms with Crippen LogP contribution in [0.1, 0.15) is 31.7 Å². The summed E-state index contributed by atoms with van der Waals surface area (Å²) < 4.78 is 0. The van der Waals surface area contributed by atoms with Gasteiger partial charge >= 0.3 is 0 Å². The van der Waals surface area contributed by atoms with E-state index < -0.39 is 0 Å². The number of hydrogen-bond donors (Lipinski definition) is 3. The largest absolute Gasteiger partial charge is 0.385 e. The lowest BCUT2D eigenvalue weighted by Gasteiger charge is -2.38.